The van der Waals surface area contributed by atoms with Gasteiger partial charge in [0.25, 0.3) is 0 Å². The summed E-state index contributed by atoms with van der Waals surface area (Å²) in [5.74, 6) is 0. The lowest BCUT2D eigenvalue weighted by Gasteiger charge is -2.37. The van der Waals surface area contributed by atoms with Gasteiger partial charge in [-0.15, -0.1) is 0 Å². The van der Waals surface area contributed by atoms with Crippen LogP contribution < -0.4 is 5.32 Å². The van der Waals surface area contributed by atoms with E-state index in [0.29, 0.717) is 11.7 Å². The van der Waals surface area contributed by atoms with E-state index in [1.54, 1.807) is 0 Å². The molecule has 0 aromatic heterocycles. The molecule has 9 heteroatoms. The molecule has 2 aliphatic heterocycles. The van der Waals surface area contributed by atoms with Gasteiger partial charge in [-0.3, -0.25) is 4.99 Å². The first-order valence-corrected chi connectivity index (χ1v) is 6.77. The number of aliphatic imine (C=N–C) groups is 1. The Balaban J connectivity index is 2.06. The lowest BCUT2D eigenvalue weighted by Crippen LogP contribution is -2.55. The standard InChI is InChI=1S/C10H15F3N2O3S/c1-2-14-9-15-6-4(16)3-5(18-8(6)19-9)7(17)10(11,12)13/h4-8,16-17H,2-3H2,1H3,(H,14,15)/t4-,5-,6+,7-,8+/m0/s1. The van der Waals surface area contributed by atoms with E-state index in [0.717, 1.165) is 11.8 Å². The maximum absolute atomic E-state index is 12.4. The van der Waals surface area contributed by atoms with Gasteiger partial charge in [0.1, 0.15) is 5.44 Å². The van der Waals surface area contributed by atoms with E-state index >= 15 is 0 Å². The molecule has 0 saturated carbocycles. The van der Waals surface area contributed by atoms with Gasteiger partial charge >= 0.3 is 6.18 Å². The Kier molecular flexibility index (Phi) is 4.29. The molecule has 3 N–H and O–H groups in total. The Labute approximate surface area is 112 Å². The van der Waals surface area contributed by atoms with Crippen molar-refractivity contribution < 1.29 is 28.1 Å². The molecule has 19 heavy (non-hydrogen) atoms. The second kappa shape index (κ2) is 5.47. The third kappa shape index (κ3) is 3.15. The van der Waals surface area contributed by atoms with Crippen molar-refractivity contribution in [3.05, 3.63) is 0 Å². The van der Waals surface area contributed by atoms with Crippen LogP contribution in [0.3, 0.4) is 0 Å². The predicted octanol–water partition coefficient (Wildman–Crippen LogP) is 0.466. The first kappa shape index (κ1) is 14.9. The Bertz CT molecular complexity index is 366. The number of aliphatic hydroxyl groups excluding tert-OH is 2. The van der Waals surface area contributed by atoms with Crippen molar-refractivity contribution in [1.82, 2.24) is 5.32 Å². The average molecular weight is 300 g/mol. The van der Waals surface area contributed by atoms with Crippen molar-refractivity contribution in [2.24, 2.45) is 4.99 Å². The molecule has 0 aromatic carbocycles. The topological polar surface area (TPSA) is 74.1 Å². The zero-order valence-electron chi connectivity index (χ0n) is 10.1. The van der Waals surface area contributed by atoms with Crippen LogP contribution in [0, 0.1) is 0 Å². The summed E-state index contributed by atoms with van der Waals surface area (Å²) in [6, 6.07) is -0.494. The van der Waals surface area contributed by atoms with Crippen LogP contribution in [-0.4, -0.2) is 57.9 Å². The summed E-state index contributed by atoms with van der Waals surface area (Å²) in [5, 5.41) is 22.5. The van der Waals surface area contributed by atoms with E-state index in [-0.39, 0.29) is 6.42 Å². The minimum atomic E-state index is -4.76. The van der Waals surface area contributed by atoms with Crippen LogP contribution in [0.25, 0.3) is 0 Å². The Morgan fingerprint density at radius 2 is 2.26 bits per heavy atom. The van der Waals surface area contributed by atoms with E-state index in [2.05, 4.69) is 10.3 Å². The molecule has 0 aliphatic carbocycles. The van der Waals surface area contributed by atoms with Gasteiger partial charge in [-0.2, -0.15) is 13.2 Å². The minimum Gasteiger partial charge on any atom is -0.391 e. The van der Waals surface area contributed by atoms with Crippen LogP contribution in [0.2, 0.25) is 0 Å². The number of hydrogen-bond donors (Lipinski definition) is 3. The van der Waals surface area contributed by atoms with E-state index in [9.17, 15) is 23.4 Å². The highest BCUT2D eigenvalue weighted by Gasteiger charge is 2.51. The third-order valence-corrected chi connectivity index (χ3v) is 4.10. The SMILES string of the molecule is CCN=C1N[C@H]2[C@H](O[C@H]([C@H](O)C(F)(F)F)C[C@@H]2O)S1. The number of thioether (sulfide) groups is 1. The first-order chi connectivity index (χ1) is 8.82. The number of rotatable bonds is 2. The van der Waals surface area contributed by atoms with Crippen molar-refractivity contribution in [3.63, 3.8) is 0 Å². The smallest absolute Gasteiger partial charge is 0.391 e. The maximum atomic E-state index is 12.4. The van der Waals surface area contributed by atoms with Crippen molar-refractivity contribution in [3.8, 4) is 0 Å². The number of fused-ring (bicyclic) bond motifs is 1. The second-order valence-corrected chi connectivity index (χ2v) is 5.49. The number of aliphatic hydroxyl groups is 2. The van der Waals surface area contributed by atoms with Gasteiger partial charge in [0.15, 0.2) is 11.3 Å². The van der Waals surface area contributed by atoms with Crippen molar-refractivity contribution in [2.75, 3.05) is 6.54 Å². The van der Waals surface area contributed by atoms with Crippen LogP contribution >= 0.6 is 11.8 Å². The van der Waals surface area contributed by atoms with E-state index in [4.69, 9.17) is 4.74 Å². The third-order valence-electron chi connectivity index (χ3n) is 3.00. The van der Waals surface area contributed by atoms with Gasteiger partial charge in [-0.1, -0.05) is 11.8 Å². The Morgan fingerprint density at radius 3 is 2.84 bits per heavy atom. The van der Waals surface area contributed by atoms with Crippen molar-refractivity contribution >= 4 is 16.9 Å². The van der Waals surface area contributed by atoms with Crippen LogP contribution in [0.1, 0.15) is 13.3 Å². The highest BCUT2D eigenvalue weighted by molar-refractivity contribution is 8.14. The lowest BCUT2D eigenvalue weighted by atomic mass is 9.98. The van der Waals surface area contributed by atoms with Crippen LogP contribution in [0.15, 0.2) is 4.99 Å². The molecular weight excluding hydrogens is 285 g/mol. The fraction of sp³-hybridized carbons (Fsp3) is 0.900. The first-order valence-electron chi connectivity index (χ1n) is 5.89. The highest BCUT2D eigenvalue weighted by Crippen LogP contribution is 2.37. The molecule has 0 amide bonds. The van der Waals surface area contributed by atoms with Gasteiger partial charge < -0.3 is 20.3 Å². The molecule has 110 valence electrons. The maximum Gasteiger partial charge on any atom is 0.416 e. The summed E-state index contributed by atoms with van der Waals surface area (Å²) in [5.41, 5.74) is -0.670. The zero-order valence-corrected chi connectivity index (χ0v) is 10.9. The molecule has 2 saturated heterocycles. The largest absolute Gasteiger partial charge is 0.416 e. The van der Waals surface area contributed by atoms with Gasteiger partial charge in [-0.25, -0.2) is 0 Å². The predicted molar refractivity (Wildman–Crippen MR) is 63.8 cm³/mol. The fourth-order valence-corrected chi connectivity index (χ4v) is 3.29. The molecule has 5 nitrogen and oxygen atoms in total. The summed E-state index contributed by atoms with van der Waals surface area (Å²) < 4.78 is 42.6. The summed E-state index contributed by atoms with van der Waals surface area (Å²) >= 11 is 1.13. The molecule has 2 aliphatic rings. The molecule has 2 fully saturated rings. The zero-order chi connectivity index (χ0) is 14.2. The fourth-order valence-electron chi connectivity index (χ4n) is 2.07. The number of hydrogen-bond acceptors (Lipinski definition) is 5. The summed E-state index contributed by atoms with van der Waals surface area (Å²) in [6.45, 7) is 2.35. The van der Waals surface area contributed by atoms with Gasteiger partial charge in [0.05, 0.1) is 18.2 Å². The van der Waals surface area contributed by atoms with Gasteiger partial charge in [-0.05, 0) is 6.92 Å². The highest BCUT2D eigenvalue weighted by atomic mass is 32.2. The molecule has 0 radical (unpaired) electrons. The van der Waals surface area contributed by atoms with E-state index < -0.39 is 36.0 Å². The summed E-state index contributed by atoms with van der Waals surface area (Å²) in [4.78, 5) is 4.09. The lowest BCUT2D eigenvalue weighted by molar-refractivity contribution is -0.250. The second-order valence-electron chi connectivity index (χ2n) is 4.40. The summed E-state index contributed by atoms with van der Waals surface area (Å²) in [6.07, 6.45) is -10.1. The molecule has 5 atom stereocenters. The van der Waals surface area contributed by atoms with Crippen molar-refractivity contribution in [2.45, 2.75) is 49.3 Å². The van der Waals surface area contributed by atoms with Gasteiger partial charge in [0.2, 0.25) is 0 Å². The summed E-state index contributed by atoms with van der Waals surface area (Å²) in [7, 11) is 0. The number of amidine groups is 1. The minimum absolute atomic E-state index is 0.269. The van der Waals surface area contributed by atoms with Crippen LogP contribution in [-0.2, 0) is 4.74 Å². The average Bonchev–Trinajstić information content (AvgIpc) is 2.70. The molecule has 0 spiro atoms. The van der Waals surface area contributed by atoms with E-state index in [1.165, 1.54) is 0 Å². The quantitative estimate of drug-likeness (QED) is 0.691. The van der Waals surface area contributed by atoms with Gasteiger partial charge in [0, 0.05) is 13.0 Å². The molecule has 0 unspecified atom stereocenters. The molecule has 0 bridgehead atoms. The number of ether oxygens (including phenoxy) is 1. The normalized spacial score (nSPS) is 38.9. The van der Waals surface area contributed by atoms with Crippen molar-refractivity contribution in [1.29, 1.82) is 0 Å². The van der Waals surface area contributed by atoms with E-state index in [1.807, 2.05) is 6.92 Å². The number of alkyl halides is 3. The monoisotopic (exact) mass is 300 g/mol. The Hall–Kier alpha value is -0.510. The van der Waals surface area contributed by atoms with Crippen LogP contribution in [0.4, 0.5) is 13.2 Å². The van der Waals surface area contributed by atoms with Crippen LogP contribution in [0.5, 0.6) is 0 Å². The molecule has 2 heterocycles. The molecule has 2 rings (SSSR count). The number of halogens is 3. The molecular formula is C10H15F3N2O3S. The molecule has 0 aromatic rings. The number of nitrogens with zero attached hydrogens (tertiary/aromatic N) is 1. The number of nitrogens with one attached hydrogen (secondary N) is 1. The Morgan fingerprint density at radius 1 is 1.58 bits per heavy atom.